The molecule has 0 aliphatic heterocycles. The number of ketones is 1. The molecule has 0 aliphatic carbocycles. The minimum atomic E-state index is -0.636. The minimum absolute atomic E-state index is 0.00294. The molecule has 1 aromatic carbocycles. The standard InChI is InChI=1S/C19H25NO3/c1-12(2)8-17(21)13-6-7-16-15(9-13)14(11-20-16)10-18(22)19(3,4)23-5/h6-9,11,18,20,22H,10H2,1-5H3. The first kappa shape index (κ1) is 17.4. The summed E-state index contributed by atoms with van der Waals surface area (Å²) in [4.78, 5) is 15.4. The van der Waals surface area contributed by atoms with E-state index in [9.17, 15) is 9.90 Å². The number of aliphatic hydroxyl groups excluding tert-OH is 1. The zero-order valence-corrected chi connectivity index (χ0v) is 14.4. The average molecular weight is 315 g/mol. The van der Waals surface area contributed by atoms with Gasteiger partial charge in [-0.05, 0) is 57.5 Å². The Morgan fingerprint density at radius 2 is 2.09 bits per heavy atom. The molecule has 4 nitrogen and oxygen atoms in total. The Hall–Kier alpha value is -1.91. The van der Waals surface area contributed by atoms with Crippen LogP contribution in [0.2, 0.25) is 0 Å². The van der Waals surface area contributed by atoms with Gasteiger partial charge in [-0.25, -0.2) is 0 Å². The Kier molecular flexibility index (Phi) is 5.07. The summed E-state index contributed by atoms with van der Waals surface area (Å²) in [6.07, 6.45) is 3.34. The number of aliphatic hydroxyl groups is 1. The number of aromatic nitrogens is 1. The van der Waals surface area contributed by atoms with E-state index >= 15 is 0 Å². The van der Waals surface area contributed by atoms with Crippen molar-refractivity contribution in [3.63, 3.8) is 0 Å². The number of allylic oxidation sites excluding steroid dienone is 2. The fourth-order valence-electron chi connectivity index (χ4n) is 2.44. The van der Waals surface area contributed by atoms with E-state index in [1.165, 1.54) is 0 Å². The molecule has 0 amide bonds. The van der Waals surface area contributed by atoms with Gasteiger partial charge in [0.15, 0.2) is 5.78 Å². The Morgan fingerprint density at radius 3 is 2.70 bits per heavy atom. The second-order valence-corrected chi connectivity index (χ2v) is 6.69. The molecule has 0 saturated carbocycles. The molecular formula is C19H25NO3. The number of hydrogen-bond donors (Lipinski definition) is 2. The molecule has 1 unspecified atom stereocenters. The third-order valence-electron chi connectivity index (χ3n) is 4.21. The fraction of sp³-hybridized carbons (Fsp3) is 0.421. The van der Waals surface area contributed by atoms with Gasteiger partial charge in [0.2, 0.25) is 0 Å². The van der Waals surface area contributed by atoms with Crippen molar-refractivity contribution in [2.24, 2.45) is 0 Å². The Morgan fingerprint density at radius 1 is 1.39 bits per heavy atom. The van der Waals surface area contributed by atoms with Crippen molar-refractivity contribution in [2.45, 2.75) is 45.8 Å². The predicted octanol–water partition coefficient (Wildman–Crippen LogP) is 3.65. The molecule has 0 fully saturated rings. The summed E-state index contributed by atoms with van der Waals surface area (Å²) in [6.45, 7) is 7.52. The van der Waals surface area contributed by atoms with Crippen molar-refractivity contribution in [2.75, 3.05) is 7.11 Å². The second-order valence-electron chi connectivity index (χ2n) is 6.69. The minimum Gasteiger partial charge on any atom is -0.390 e. The lowest BCUT2D eigenvalue weighted by atomic mass is 9.94. The number of rotatable bonds is 6. The summed E-state index contributed by atoms with van der Waals surface area (Å²) in [6, 6.07) is 5.61. The second kappa shape index (κ2) is 6.69. The molecule has 1 atom stereocenters. The summed E-state index contributed by atoms with van der Waals surface area (Å²) in [7, 11) is 1.59. The van der Waals surface area contributed by atoms with Crippen LogP contribution in [0.25, 0.3) is 10.9 Å². The maximum atomic E-state index is 12.2. The fourth-order valence-corrected chi connectivity index (χ4v) is 2.44. The van der Waals surface area contributed by atoms with E-state index in [0.717, 1.165) is 22.0 Å². The molecule has 0 aliphatic rings. The Balaban J connectivity index is 2.35. The van der Waals surface area contributed by atoms with Crippen LogP contribution in [0.1, 0.15) is 43.6 Å². The smallest absolute Gasteiger partial charge is 0.185 e. The monoisotopic (exact) mass is 315 g/mol. The number of methoxy groups -OCH3 is 1. The highest BCUT2D eigenvalue weighted by Crippen LogP contribution is 2.25. The van der Waals surface area contributed by atoms with Crippen LogP contribution in [0.3, 0.4) is 0 Å². The summed E-state index contributed by atoms with van der Waals surface area (Å²) in [5.74, 6) is -0.00294. The first-order chi connectivity index (χ1) is 10.7. The lowest BCUT2D eigenvalue weighted by Crippen LogP contribution is -2.39. The number of carbonyl (C=O) groups excluding carboxylic acids is 1. The van der Waals surface area contributed by atoms with Crippen LogP contribution >= 0.6 is 0 Å². The molecule has 0 saturated heterocycles. The van der Waals surface area contributed by atoms with E-state index in [1.807, 2.05) is 52.1 Å². The van der Waals surface area contributed by atoms with Crippen molar-refractivity contribution in [1.29, 1.82) is 0 Å². The van der Waals surface area contributed by atoms with Gasteiger partial charge in [-0.15, -0.1) is 0 Å². The molecule has 124 valence electrons. The molecule has 0 spiro atoms. The highest BCUT2D eigenvalue weighted by atomic mass is 16.5. The SMILES string of the molecule is COC(C)(C)C(O)Cc1c[nH]c2ccc(C(=O)C=C(C)C)cc12. The van der Waals surface area contributed by atoms with Crippen LogP contribution in [0.4, 0.5) is 0 Å². The van der Waals surface area contributed by atoms with Crippen LogP contribution in [0.5, 0.6) is 0 Å². The molecule has 0 radical (unpaired) electrons. The van der Waals surface area contributed by atoms with E-state index in [4.69, 9.17) is 4.74 Å². The van der Waals surface area contributed by atoms with Crippen LogP contribution < -0.4 is 0 Å². The summed E-state index contributed by atoms with van der Waals surface area (Å²) < 4.78 is 5.34. The van der Waals surface area contributed by atoms with Gasteiger partial charge in [0.05, 0.1) is 11.7 Å². The van der Waals surface area contributed by atoms with E-state index in [-0.39, 0.29) is 5.78 Å². The molecule has 2 aromatic rings. The zero-order valence-electron chi connectivity index (χ0n) is 14.4. The number of nitrogens with one attached hydrogen (secondary N) is 1. The summed E-state index contributed by atoms with van der Waals surface area (Å²) in [5.41, 5.74) is 2.93. The van der Waals surface area contributed by atoms with Crippen LogP contribution in [-0.4, -0.2) is 34.7 Å². The van der Waals surface area contributed by atoms with E-state index in [1.54, 1.807) is 13.2 Å². The topological polar surface area (TPSA) is 62.3 Å². The van der Waals surface area contributed by atoms with Crippen molar-refractivity contribution >= 4 is 16.7 Å². The summed E-state index contributed by atoms with van der Waals surface area (Å²) >= 11 is 0. The largest absolute Gasteiger partial charge is 0.390 e. The van der Waals surface area contributed by atoms with Gasteiger partial charge in [-0.3, -0.25) is 4.79 Å². The highest BCUT2D eigenvalue weighted by Gasteiger charge is 2.28. The van der Waals surface area contributed by atoms with E-state index in [2.05, 4.69) is 4.98 Å². The Bertz CT molecular complexity index is 736. The van der Waals surface area contributed by atoms with Crippen LogP contribution in [-0.2, 0) is 11.2 Å². The number of ether oxygens (including phenoxy) is 1. The van der Waals surface area contributed by atoms with E-state index in [0.29, 0.717) is 12.0 Å². The Labute approximate surface area is 137 Å². The van der Waals surface area contributed by atoms with Crippen molar-refractivity contribution in [3.8, 4) is 0 Å². The van der Waals surface area contributed by atoms with Crippen molar-refractivity contribution in [1.82, 2.24) is 4.98 Å². The molecule has 0 bridgehead atoms. The van der Waals surface area contributed by atoms with Crippen molar-refractivity contribution in [3.05, 3.63) is 47.2 Å². The maximum absolute atomic E-state index is 12.2. The van der Waals surface area contributed by atoms with Crippen LogP contribution in [0, 0.1) is 0 Å². The third kappa shape index (κ3) is 3.89. The molecule has 2 rings (SSSR count). The number of hydrogen-bond acceptors (Lipinski definition) is 3. The van der Waals surface area contributed by atoms with E-state index < -0.39 is 11.7 Å². The highest BCUT2D eigenvalue weighted by molar-refractivity contribution is 6.07. The molecule has 1 heterocycles. The molecule has 2 N–H and O–H groups in total. The van der Waals surface area contributed by atoms with Gasteiger partial charge in [0.1, 0.15) is 0 Å². The first-order valence-electron chi connectivity index (χ1n) is 7.77. The molecule has 1 aromatic heterocycles. The van der Waals surface area contributed by atoms with Gasteiger partial charge >= 0.3 is 0 Å². The number of aromatic amines is 1. The van der Waals surface area contributed by atoms with Gasteiger partial charge in [0.25, 0.3) is 0 Å². The number of carbonyl (C=O) groups is 1. The van der Waals surface area contributed by atoms with Gasteiger partial charge in [-0.1, -0.05) is 5.57 Å². The van der Waals surface area contributed by atoms with Crippen LogP contribution in [0.15, 0.2) is 36.0 Å². The predicted molar refractivity (Wildman–Crippen MR) is 92.9 cm³/mol. The van der Waals surface area contributed by atoms with Gasteiger partial charge in [0, 0.05) is 36.2 Å². The normalized spacial score (nSPS) is 13.1. The first-order valence-corrected chi connectivity index (χ1v) is 7.77. The molecule has 4 heteroatoms. The summed E-state index contributed by atoms with van der Waals surface area (Å²) in [5, 5.41) is 11.4. The average Bonchev–Trinajstić information content (AvgIpc) is 2.88. The molecular weight excluding hydrogens is 290 g/mol. The maximum Gasteiger partial charge on any atom is 0.185 e. The van der Waals surface area contributed by atoms with Crippen molar-refractivity contribution < 1.29 is 14.6 Å². The van der Waals surface area contributed by atoms with Gasteiger partial charge < -0.3 is 14.8 Å². The zero-order chi connectivity index (χ0) is 17.2. The quantitative estimate of drug-likeness (QED) is 0.632. The molecule has 23 heavy (non-hydrogen) atoms. The number of benzene rings is 1. The lowest BCUT2D eigenvalue weighted by Gasteiger charge is -2.28. The third-order valence-corrected chi connectivity index (χ3v) is 4.21. The number of fused-ring (bicyclic) bond motifs is 1. The lowest BCUT2D eigenvalue weighted by molar-refractivity contribution is -0.0763. The van der Waals surface area contributed by atoms with Gasteiger partial charge in [-0.2, -0.15) is 0 Å². The number of H-pyrrole nitrogens is 1.